The Labute approximate surface area is 112 Å². The number of rotatable bonds is 4. The standard InChI is InChI=1S/C15H20F2N2/c16-15(17)10-19-9-13(11-6-7-11)18-8-14(19)12-4-2-1-3-5-12/h1-5,11,13-15,18H,6-10H2. The maximum atomic E-state index is 12.8. The molecule has 0 spiro atoms. The second kappa shape index (κ2) is 5.55. The van der Waals surface area contributed by atoms with Gasteiger partial charge in [0.2, 0.25) is 0 Å². The van der Waals surface area contributed by atoms with Gasteiger partial charge in [-0.25, -0.2) is 8.78 Å². The number of hydrogen-bond donors (Lipinski definition) is 1. The Hall–Kier alpha value is -1.00. The van der Waals surface area contributed by atoms with Crippen molar-refractivity contribution in [2.45, 2.75) is 31.4 Å². The molecular formula is C15H20F2N2. The van der Waals surface area contributed by atoms with Crippen LogP contribution in [0, 0.1) is 5.92 Å². The van der Waals surface area contributed by atoms with Crippen molar-refractivity contribution in [1.29, 1.82) is 0 Å². The van der Waals surface area contributed by atoms with Crippen LogP contribution in [0.3, 0.4) is 0 Å². The minimum atomic E-state index is -2.26. The van der Waals surface area contributed by atoms with Gasteiger partial charge in [-0.15, -0.1) is 0 Å². The maximum Gasteiger partial charge on any atom is 0.251 e. The van der Waals surface area contributed by atoms with Crippen LogP contribution in [0.5, 0.6) is 0 Å². The van der Waals surface area contributed by atoms with Crippen LogP contribution in [0.1, 0.15) is 24.4 Å². The van der Waals surface area contributed by atoms with E-state index in [9.17, 15) is 8.78 Å². The van der Waals surface area contributed by atoms with Crippen molar-refractivity contribution in [2.75, 3.05) is 19.6 Å². The van der Waals surface area contributed by atoms with Gasteiger partial charge in [-0.3, -0.25) is 4.90 Å². The van der Waals surface area contributed by atoms with Crippen LogP contribution in [0.25, 0.3) is 0 Å². The van der Waals surface area contributed by atoms with Crippen LogP contribution in [0.15, 0.2) is 30.3 Å². The molecule has 1 saturated heterocycles. The van der Waals surface area contributed by atoms with Gasteiger partial charge in [0.15, 0.2) is 0 Å². The third-order valence-electron chi connectivity index (χ3n) is 4.19. The number of piperazine rings is 1. The number of hydrogen-bond acceptors (Lipinski definition) is 2. The van der Waals surface area contributed by atoms with Crippen molar-refractivity contribution in [1.82, 2.24) is 10.2 Å². The second-order valence-electron chi connectivity index (χ2n) is 5.62. The van der Waals surface area contributed by atoms with Crippen LogP contribution in [0.2, 0.25) is 0 Å². The first-order valence-electron chi connectivity index (χ1n) is 7.04. The first-order valence-corrected chi connectivity index (χ1v) is 7.04. The van der Waals surface area contributed by atoms with E-state index >= 15 is 0 Å². The predicted octanol–water partition coefficient (Wildman–Crippen LogP) is 2.68. The molecule has 104 valence electrons. The van der Waals surface area contributed by atoms with E-state index in [0.29, 0.717) is 12.0 Å². The van der Waals surface area contributed by atoms with Crippen LogP contribution in [-0.4, -0.2) is 37.0 Å². The van der Waals surface area contributed by atoms with E-state index in [1.54, 1.807) is 0 Å². The summed E-state index contributed by atoms with van der Waals surface area (Å²) in [5.74, 6) is 0.705. The molecule has 1 aliphatic heterocycles. The van der Waals surface area contributed by atoms with Gasteiger partial charge in [0.25, 0.3) is 6.43 Å². The molecule has 2 unspecified atom stereocenters. The minimum absolute atomic E-state index is 0.0743. The largest absolute Gasteiger partial charge is 0.311 e. The fraction of sp³-hybridized carbons (Fsp3) is 0.600. The highest BCUT2D eigenvalue weighted by atomic mass is 19.3. The fourth-order valence-corrected chi connectivity index (χ4v) is 3.03. The summed E-state index contributed by atoms with van der Waals surface area (Å²) in [7, 11) is 0. The predicted molar refractivity (Wildman–Crippen MR) is 71.3 cm³/mol. The summed E-state index contributed by atoms with van der Waals surface area (Å²) in [5.41, 5.74) is 1.13. The molecule has 1 aromatic carbocycles. The summed E-state index contributed by atoms with van der Waals surface area (Å²) in [6.07, 6.45) is 0.232. The smallest absolute Gasteiger partial charge is 0.251 e. The van der Waals surface area contributed by atoms with Crippen molar-refractivity contribution in [3.05, 3.63) is 35.9 Å². The molecule has 0 amide bonds. The van der Waals surface area contributed by atoms with Gasteiger partial charge in [0, 0.05) is 25.2 Å². The number of benzene rings is 1. The van der Waals surface area contributed by atoms with Crippen LogP contribution < -0.4 is 5.32 Å². The number of nitrogens with one attached hydrogen (secondary N) is 1. The number of nitrogens with zero attached hydrogens (tertiary/aromatic N) is 1. The molecular weight excluding hydrogens is 246 g/mol. The molecule has 1 aliphatic carbocycles. The topological polar surface area (TPSA) is 15.3 Å². The quantitative estimate of drug-likeness (QED) is 0.901. The third kappa shape index (κ3) is 3.12. The highest BCUT2D eigenvalue weighted by Crippen LogP contribution is 2.36. The molecule has 4 heteroatoms. The Kier molecular flexibility index (Phi) is 3.80. The zero-order valence-corrected chi connectivity index (χ0v) is 10.9. The van der Waals surface area contributed by atoms with E-state index in [4.69, 9.17) is 0 Å². The summed E-state index contributed by atoms with van der Waals surface area (Å²) in [6.45, 7) is 1.40. The molecule has 0 bridgehead atoms. The Bertz CT molecular complexity index is 406. The van der Waals surface area contributed by atoms with Crippen molar-refractivity contribution >= 4 is 0 Å². The normalized spacial score (nSPS) is 28.8. The van der Waals surface area contributed by atoms with E-state index in [2.05, 4.69) is 5.32 Å². The van der Waals surface area contributed by atoms with E-state index in [0.717, 1.165) is 18.7 Å². The third-order valence-corrected chi connectivity index (χ3v) is 4.19. The van der Waals surface area contributed by atoms with Crippen LogP contribution in [-0.2, 0) is 0 Å². The number of halogens is 2. The van der Waals surface area contributed by atoms with Gasteiger partial charge in [-0.2, -0.15) is 0 Å². The lowest BCUT2D eigenvalue weighted by Crippen LogP contribution is -2.54. The van der Waals surface area contributed by atoms with Gasteiger partial charge < -0.3 is 5.32 Å². The van der Waals surface area contributed by atoms with Crippen molar-refractivity contribution < 1.29 is 8.78 Å². The zero-order valence-electron chi connectivity index (χ0n) is 10.9. The van der Waals surface area contributed by atoms with Gasteiger partial charge in [0.1, 0.15) is 0 Å². The van der Waals surface area contributed by atoms with E-state index in [-0.39, 0.29) is 12.6 Å². The fourth-order valence-electron chi connectivity index (χ4n) is 3.03. The Morgan fingerprint density at radius 1 is 1.21 bits per heavy atom. The summed E-state index contributed by atoms with van der Waals surface area (Å²) in [6, 6.07) is 10.4. The molecule has 1 heterocycles. The molecule has 3 rings (SSSR count). The zero-order chi connectivity index (χ0) is 13.2. The SMILES string of the molecule is FC(F)CN1CC(C2CC2)NCC1c1ccccc1. The number of alkyl halides is 2. The summed E-state index contributed by atoms with van der Waals surface area (Å²) >= 11 is 0. The van der Waals surface area contributed by atoms with E-state index in [1.165, 1.54) is 12.8 Å². The molecule has 1 aromatic rings. The average Bonchev–Trinajstić information content (AvgIpc) is 3.23. The lowest BCUT2D eigenvalue weighted by atomic mass is 9.99. The maximum absolute atomic E-state index is 12.8. The van der Waals surface area contributed by atoms with E-state index < -0.39 is 6.43 Å². The minimum Gasteiger partial charge on any atom is -0.311 e. The lowest BCUT2D eigenvalue weighted by molar-refractivity contribution is 0.0397. The summed E-state index contributed by atoms with van der Waals surface area (Å²) < 4.78 is 25.6. The van der Waals surface area contributed by atoms with Crippen LogP contribution in [0.4, 0.5) is 8.78 Å². The highest BCUT2D eigenvalue weighted by Gasteiger charge is 2.38. The Morgan fingerprint density at radius 2 is 1.95 bits per heavy atom. The monoisotopic (exact) mass is 266 g/mol. The van der Waals surface area contributed by atoms with Gasteiger partial charge in [-0.1, -0.05) is 30.3 Å². The molecule has 0 radical (unpaired) electrons. The Morgan fingerprint density at radius 3 is 2.58 bits per heavy atom. The van der Waals surface area contributed by atoms with Crippen molar-refractivity contribution in [2.24, 2.45) is 5.92 Å². The molecule has 2 nitrogen and oxygen atoms in total. The molecule has 19 heavy (non-hydrogen) atoms. The van der Waals surface area contributed by atoms with Gasteiger partial charge >= 0.3 is 0 Å². The molecule has 0 aromatic heterocycles. The molecule has 2 atom stereocenters. The summed E-state index contributed by atoms with van der Waals surface area (Å²) in [5, 5.41) is 3.55. The van der Waals surface area contributed by atoms with Crippen LogP contribution >= 0.6 is 0 Å². The van der Waals surface area contributed by atoms with Crippen molar-refractivity contribution in [3.63, 3.8) is 0 Å². The van der Waals surface area contributed by atoms with Gasteiger partial charge in [-0.05, 0) is 24.3 Å². The van der Waals surface area contributed by atoms with Gasteiger partial charge in [0.05, 0.1) is 6.54 Å². The first-order chi connectivity index (χ1) is 9.24. The highest BCUT2D eigenvalue weighted by molar-refractivity contribution is 5.20. The molecule has 1 N–H and O–H groups in total. The Balaban J connectivity index is 1.74. The van der Waals surface area contributed by atoms with E-state index in [1.807, 2.05) is 35.2 Å². The molecule has 1 saturated carbocycles. The second-order valence-corrected chi connectivity index (χ2v) is 5.62. The molecule has 2 fully saturated rings. The van der Waals surface area contributed by atoms with Crippen molar-refractivity contribution in [3.8, 4) is 0 Å². The average molecular weight is 266 g/mol. The summed E-state index contributed by atoms with van der Waals surface area (Å²) in [4.78, 5) is 1.96. The molecule has 2 aliphatic rings. The lowest BCUT2D eigenvalue weighted by Gasteiger charge is -2.40. The first kappa shape index (κ1) is 13.0.